The molecule has 7 nitrogen and oxygen atoms in total. The number of non-ortho nitro benzene ring substituents is 1. The van der Waals surface area contributed by atoms with Crippen LogP contribution in [0, 0.1) is 13.7 Å². The van der Waals surface area contributed by atoms with E-state index in [1.165, 1.54) is 12.1 Å². The third-order valence-corrected chi connectivity index (χ3v) is 4.03. The molecule has 0 aliphatic carbocycles. The zero-order valence-corrected chi connectivity index (χ0v) is 14.1. The zero-order valence-electron chi connectivity index (χ0n) is 12.0. The molecule has 1 amide bonds. The number of nitro groups is 1. The molecule has 0 radical (unpaired) electrons. The second-order valence-electron chi connectivity index (χ2n) is 4.80. The summed E-state index contributed by atoms with van der Waals surface area (Å²) in [5.74, 6) is -0.292. The lowest BCUT2D eigenvalue weighted by atomic mass is 10.1. The van der Waals surface area contributed by atoms with Crippen LogP contribution in [0.1, 0.15) is 22.3 Å². The van der Waals surface area contributed by atoms with Gasteiger partial charge in [-0.1, -0.05) is 0 Å². The largest absolute Gasteiger partial charge is 0.352 e. The van der Waals surface area contributed by atoms with Crippen molar-refractivity contribution in [1.82, 2.24) is 15.1 Å². The van der Waals surface area contributed by atoms with Crippen LogP contribution in [0.3, 0.4) is 0 Å². The molecule has 116 valence electrons. The fourth-order valence-corrected chi connectivity index (χ4v) is 2.57. The highest BCUT2D eigenvalue weighted by atomic mass is 127. The van der Waals surface area contributed by atoms with Crippen LogP contribution in [0.15, 0.2) is 30.6 Å². The number of aromatic nitrogens is 2. The number of hydrogen-bond donors (Lipinski definition) is 1. The van der Waals surface area contributed by atoms with E-state index in [0.29, 0.717) is 15.7 Å². The van der Waals surface area contributed by atoms with Crippen LogP contribution in [0.2, 0.25) is 0 Å². The average Bonchev–Trinajstić information content (AvgIpc) is 2.89. The van der Waals surface area contributed by atoms with Crippen LogP contribution in [-0.4, -0.2) is 27.2 Å². The molecule has 22 heavy (non-hydrogen) atoms. The number of carbonyl (C=O) groups excluding carboxylic acids is 1. The highest BCUT2D eigenvalue weighted by molar-refractivity contribution is 14.1. The molecule has 0 saturated carbocycles. The highest BCUT2D eigenvalue weighted by Crippen LogP contribution is 2.19. The summed E-state index contributed by atoms with van der Waals surface area (Å²) in [4.78, 5) is 22.4. The minimum absolute atomic E-state index is 0.0825. The highest BCUT2D eigenvalue weighted by Gasteiger charge is 2.15. The van der Waals surface area contributed by atoms with Crippen LogP contribution in [0.5, 0.6) is 0 Å². The van der Waals surface area contributed by atoms with Gasteiger partial charge in [0.1, 0.15) is 0 Å². The van der Waals surface area contributed by atoms with Crippen molar-refractivity contribution in [2.45, 2.75) is 12.8 Å². The smallest absolute Gasteiger partial charge is 0.270 e. The predicted octanol–water partition coefficient (Wildman–Crippen LogP) is 2.30. The van der Waals surface area contributed by atoms with Crippen LogP contribution < -0.4 is 5.32 Å². The van der Waals surface area contributed by atoms with E-state index in [1.54, 1.807) is 16.9 Å². The number of hydrogen-bond acceptors (Lipinski definition) is 4. The molecule has 8 heteroatoms. The number of amides is 1. The van der Waals surface area contributed by atoms with Gasteiger partial charge >= 0.3 is 0 Å². The zero-order chi connectivity index (χ0) is 16.1. The molecule has 1 N–H and O–H groups in total. The summed E-state index contributed by atoms with van der Waals surface area (Å²) in [6.45, 7) is 0.506. The Morgan fingerprint density at radius 1 is 1.50 bits per heavy atom. The van der Waals surface area contributed by atoms with E-state index in [1.807, 2.05) is 35.8 Å². The number of rotatable bonds is 6. The van der Waals surface area contributed by atoms with Gasteiger partial charge in [-0.15, -0.1) is 0 Å². The van der Waals surface area contributed by atoms with Crippen molar-refractivity contribution in [1.29, 1.82) is 0 Å². The maximum absolute atomic E-state index is 12.1. The first-order chi connectivity index (χ1) is 10.5. The van der Waals surface area contributed by atoms with Gasteiger partial charge in [0, 0.05) is 35.5 Å². The number of benzene rings is 1. The molecular weight excluding hydrogens is 399 g/mol. The SMILES string of the molecule is Cn1cc(CCCNC(=O)c2cc([N+](=O)[O-])ccc2I)cn1. The summed E-state index contributed by atoms with van der Waals surface area (Å²) in [6, 6.07) is 4.27. The summed E-state index contributed by atoms with van der Waals surface area (Å²) in [5.41, 5.74) is 1.36. The maximum atomic E-state index is 12.1. The molecule has 0 aliphatic heterocycles. The molecule has 0 atom stereocenters. The topological polar surface area (TPSA) is 90.1 Å². The Bertz CT molecular complexity index is 699. The van der Waals surface area contributed by atoms with E-state index in [4.69, 9.17) is 0 Å². The Labute approximate surface area is 141 Å². The first-order valence-corrected chi connectivity index (χ1v) is 7.75. The van der Waals surface area contributed by atoms with E-state index in [9.17, 15) is 14.9 Å². The number of nitrogens with zero attached hydrogens (tertiary/aromatic N) is 3. The van der Waals surface area contributed by atoms with E-state index < -0.39 is 4.92 Å². The van der Waals surface area contributed by atoms with Gasteiger partial charge in [-0.3, -0.25) is 19.6 Å². The van der Waals surface area contributed by atoms with Gasteiger partial charge in [-0.25, -0.2) is 0 Å². The molecule has 0 unspecified atom stereocenters. The molecule has 0 saturated heterocycles. The van der Waals surface area contributed by atoms with Gasteiger partial charge in [0.25, 0.3) is 11.6 Å². The number of carbonyl (C=O) groups is 1. The molecule has 0 bridgehead atoms. The molecule has 1 heterocycles. The Morgan fingerprint density at radius 2 is 2.27 bits per heavy atom. The molecule has 2 rings (SSSR count). The minimum atomic E-state index is -0.505. The van der Waals surface area contributed by atoms with Gasteiger partial charge in [0.15, 0.2) is 0 Å². The van der Waals surface area contributed by atoms with Crippen molar-refractivity contribution in [3.05, 3.63) is 55.4 Å². The minimum Gasteiger partial charge on any atom is -0.352 e. The summed E-state index contributed by atoms with van der Waals surface area (Å²) < 4.78 is 2.42. The monoisotopic (exact) mass is 414 g/mol. The Kier molecular flexibility index (Phi) is 5.47. The molecule has 1 aromatic heterocycles. The normalized spacial score (nSPS) is 10.5. The maximum Gasteiger partial charge on any atom is 0.270 e. The number of halogens is 1. The second-order valence-corrected chi connectivity index (χ2v) is 5.97. The quantitative estimate of drug-likeness (QED) is 0.340. The van der Waals surface area contributed by atoms with E-state index in [2.05, 4.69) is 10.4 Å². The Morgan fingerprint density at radius 3 is 2.91 bits per heavy atom. The van der Waals surface area contributed by atoms with E-state index in [0.717, 1.165) is 18.4 Å². The van der Waals surface area contributed by atoms with Crippen LogP contribution >= 0.6 is 22.6 Å². The summed E-state index contributed by atoms with van der Waals surface area (Å²) >= 11 is 1.99. The lowest BCUT2D eigenvalue weighted by Crippen LogP contribution is -2.25. The van der Waals surface area contributed by atoms with E-state index in [-0.39, 0.29) is 11.6 Å². The Hall–Kier alpha value is -1.97. The second kappa shape index (κ2) is 7.34. The third kappa shape index (κ3) is 4.26. The van der Waals surface area contributed by atoms with Gasteiger partial charge in [-0.2, -0.15) is 5.10 Å². The van der Waals surface area contributed by atoms with Gasteiger partial charge in [0.2, 0.25) is 0 Å². The molecule has 0 aliphatic rings. The molecule has 1 aromatic carbocycles. The first-order valence-electron chi connectivity index (χ1n) is 6.67. The number of nitro benzene ring substituents is 1. The van der Waals surface area contributed by atoms with Crippen molar-refractivity contribution >= 4 is 34.2 Å². The van der Waals surface area contributed by atoms with Crippen molar-refractivity contribution in [2.75, 3.05) is 6.54 Å². The first kappa shape index (κ1) is 16.4. The van der Waals surface area contributed by atoms with Crippen LogP contribution in [0.4, 0.5) is 5.69 Å². The summed E-state index contributed by atoms with van der Waals surface area (Å²) in [7, 11) is 1.86. The lowest BCUT2D eigenvalue weighted by Gasteiger charge is -2.06. The average molecular weight is 414 g/mol. The molecular formula is C14H15IN4O3. The fraction of sp³-hybridized carbons (Fsp3) is 0.286. The fourth-order valence-electron chi connectivity index (χ4n) is 1.99. The standard InChI is InChI=1S/C14H15IN4O3/c1-18-9-10(8-17-18)3-2-6-16-14(20)12-7-11(19(21)22)4-5-13(12)15/h4-5,7-9H,2-3,6H2,1H3,(H,16,20). The van der Waals surface area contributed by atoms with Gasteiger partial charge in [-0.05, 0) is 47.1 Å². The Balaban J connectivity index is 1.89. The van der Waals surface area contributed by atoms with Crippen molar-refractivity contribution in [3.8, 4) is 0 Å². The number of nitrogens with one attached hydrogen (secondary N) is 1. The van der Waals surface area contributed by atoms with Crippen molar-refractivity contribution in [3.63, 3.8) is 0 Å². The van der Waals surface area contributed by atoms with Gasteiger partial charge < -0.3 is 5.32 Å². The molecule has 0 spiro atoms. The lowest BCUT2D eigenvalue weighted by molar-refractivity contribution is -0.384. The predicted molar refractivity (Wildman–Crippen MR) is 89.7 cm³/mol. The van der Waals surface area contributed by atoms with Crippen LogP contribution in [0.25, 0.3) is 0 Å². The van der Waals surface area contributed by atoms with Crippen molar-refractivity contribution < 1.29 is 9.72 Å². The number of aryl methyl sites for hydroxylation is 2. The summed E-state index contributed by atoms with van der Waals surface area (Å²) in [6.07, 6.45) is 5.33. The van der Waals surface area contributed by atoms with Crippen LogP contribution in [-0.2, 0) is 13.5 Å². The van der Waals surface area contributed by atoms with Gasteiger partial charge in [0.05, 0.1) is 16.7 Å². The molecule has 0 fully saturated rings. The summed E-state index contributed by atoms with van der Waals surface area (Å²) in [5, 5.41) is 17.6. The molecule has 2 aromatic rings. The third-order valence-electron chi connectivity index (χ3n) is 3.09. The van der Waals surface area contributed by atoms with E-state index >= 15 is 0 Å². The van der Waals surface area contributed by atoms with Crippen molar-refractivity contribution in [2.24, 2.45) is 7.05 Å².